The van der Waals surface area contributed by atoms with E-state index in [9.17, 15) is 0 Å². The molecule has 2 rings (SSSR count). The number of phenols is 1. The molecule has 0 bridgehead atoms. The van der Waals surface area contributed by atoms with Gasteiger partial charge in [0.1, 0.15) is 5.75 Å². The maximum Gasteiger partial charge on any atom is 0.115 e. The van der Waals surface area contributed by atoms with Gasteiger partial charge in [0.2, 0.25) is 0 Å². The maximum atomic E-state index is 9.14. The fourth-order valence-corrected chi connectivity index (χ4v) is 1.46. The van der Waals surface area contributed by atoms with Gasteiger partial charge in [0.25, 0.3) is 0 Å². The lowest BCUT2D eigenvalue weighted by Gasteiger charge is -2.06. The predicted octanol–water partition coefficient (Wildman–Crippen LogP) is 1.10. The van der Waals surface area contributed by atoms with Crippen molar-refractivity contribution >= 4 is 0 Å². The van der Waals surface area contributed by atoms with Crippen molar-refractivity contribution < 1.29 is 5.11 Å². The molecule has 1 aromatic heterocycles. The standard InChI is InChI=1S/C11H13N3O/c12-5-10-6-13-8-14(10)7-9-1-3-11(15)4-2-9/h1-4,6,8,15H,5,7,12H2. The van der Waals surface area contributed by atoms with Crippen molar-refractivity contribution in [1.82, 2.24) is 9.55 Å². The van der Waals surface area contributed by atoms with Gasteiger partial charge in [-0.05, 0) is 17.7 Å². The Balaban J connectivity index is 2.18. The van der Waals surface area contributed by atoms with Crippen LogP contribution in [-0.2, 0) is 13.1 Å². The minimum Gasteiger partial charge on any atom is -0.508 e. The van der Waals surface area contributed by atoms with Crippen LogP contribution in [0, 0.1) is 0 Å². The molecule has 4 nitrogen and oxygen atoms in total. The minimum atomic E-state index is 0.281. The summed E-state index contributed by atoms with van der Waals surface area (Å²) in [6.45, 7) is 1.21. The molecule has 4 heteroatoms. The highest BCUT2D eigenvalue weighted by Crippen LogP contribution is 2.11. The second-order valence-electron chi connectivity index (χ2n) is 3.38. The molecular formula is C11H13N3O. The van der Waals surface area contributed by atoms with Gasteiger partial charge in [-0.25, -0.2) is 4.98 Å². The Morgan fingerprint density at radius 2 is 2.00 bits per heavy atom. The molecule has 0 aliphatic carbocycles. The zero-order valence-electron chi connectivity index (χ0n) is 8.30. The van der Waals surface area contributed by atoms with E-state index < -0.39 is 0 Å². The Morgan fingerprint density at radius 1 is 1.27 bits per heavy atom. The normalized spacial score (nSPS) is 10.5. The second kappa shape index (κ2) is 4.14. The van der Waals surface area contributed by atoms with Crippen LogP contribution in [0.25, 0.3) is 0 Å². The highest BCUT2D eigenvalue weighted by Gasteiger charge is 2.00. The van der Waals surface area contributed by atoms with Crippen LogP contribution in [0.5, 0.6) is 5.75 Å². The van der Waals surface area contributed by atoms with Crippen LogP contribution in [0.4, 0.5) is 0 Å². The van der Waals surface area contributed by atoms with Crippen LogP contribution >= 0.6 is 0 Å². The molecule has 0 saturated carbocycles. The van der Waals surface area contributed by atoms with Crippen LogP contribution in [-0.4, -0.2) is 14.7 Å². The number of nitrogens with two attached hydrogens (primary N) is 1. The Hall–Kier alpha value is -1.81. The lowest BCUT2D eigenvalue weighted by atomic mass is 10.2. The summed E-state index contributed by atoms with van der Waals surface area (Å²) in [5.41, 5.74) is 7.69. The molecule has 0 fully saturated rings. The number of benzene rings is 1. The maximum absolute atomic E-state index is 9.14. The first kappa shape index (κ1) is 9.73. The van der Waals surface area contributed by atoms with Crippen molar-refractivity contribution in [1.29, 1.82) is 0 Å². The topological polar surface area (TPSA) is 64.1 Å². The van der Waals surface area contributed by atoms with E-state index in [0.717, 1.165) is 17.8 Å². The number of rotatable bonds is 3. The van der Waals surface area contributed by atoms with Gasteiger partial charge in [-0.1, -0.05) is 12.1 Å². The Bertz CT molecular complexity index is 433. The summed E-state index contributed by atoms with van der Waals surface area (Å²) >= 11 is 0. The van der Waals surface area contributed by atoms with E-state index in [1.54, 1.807) is 24.7 Å². The fraction of sp³-hybridized carbons (Fsp3) is 0.182. The molecule has 0 saturated heterocycles. The summed E-state index contributed by atoms with van der Waals surface area (Å²) in [5, 5.41) is 9.14. The SMILES string of the molecule is NCc1cncn1Cc1ccc(O)cc1. The number of phenolic OH excluding ortho intramolecular Hbond substituents is 1. The molecule has 0 spiro atoms. The molecule has 0 amide bonds. The summed E-state index contributed by atoms with van der Waals surface area (Å²) in [5.74, 6) is 0.281. The Labute approximate surface area is 88.0 Å². The van der Waals surface area contributed by atoms with Crippen LogP contribution in [0.3, 0.4) is 0 Å². The smallest absolute Gasteiger partial charge is 0.115 e. The second-order valence-corrected chi connectivity index (χ2v) is 3.38. The Morgan fingerprint density at radius 3 is 2.67 bits per heavy atom. The Kier molecular flexibility index (Phi) is 2.69. The molecule has 2 aromatic rings. The fourth-order valence-electron chi connectivity index (χ4n) is 1.46. The number of aromatic hydroxyl groups is 1. The third kappa shape index (κ3) is 2.16. The van der Waals surface area contributed by atoms with Crippen LogP contribution in [0.15, 0.2) is 36.8 Å². The first-order valence-electron chi connectivity index (χ1n) is 4.76. The van der Waals surface area contributed by atoms with Gasteiger partial charge in [-0.15, -0.1) is 0 Å². The van der Waals surface area contributed by atoms with Gasteiger partial charge < -0.3 is 15.4 Å². The largest absolute Gasteiger partial charge is 0.508 e. The third-order valence-corrected chi connectivity index (χ3v) is 2.30. The summed E-state index contributed by atoms with van der Waals surface area (Å²) in [6.07, 6.45) is 3.52. The molecule has 0 atom stereocenters. The van der Waals surface area contributed by atoms with Gasteiger partial charge in [0.05, 0.1) is 12.0 Å². The van der Waals surface area contributed by atoms with Gasteiger partial charge in [0.15, 0.2) is 0 Å². The van der Waals surface area contributed by atoms with E-state index in [1.807, 2.05) is 16.7 Å². The van der Waals surface area contributed by atoms with E-state index in [-0.39, 0.29) is 5.75 Å². The average molecular weight is 203 g/mol. The van der Waals surface area contributed by atoms with E-state index >= 15 is 0 Å². The lowest BCUT2D eigenvalue weighted by Crippen LogP contribution is -2.07. The highest BCUT2D eigenvalue weighted by molar-refractivity contribution is 5.26. The number of hydrogen-bond donors (Lipinski definition) is 2. The zero-order chi connectivity index (χ0) is 10.7. The number of aromatic nitrogens is 2. The van der Waals surface area contributed by atoms with E-state index in [0.29, 0.717) is 6.54 Å². The van der Waals surface area contributed by atoms with Crippen molar-refractivity contribution in [2.75, 3.05) is 0 Å². The third-order valence-electron chi connectivity index (χ3n) is 2.30. The molecule has 0 aliphatic rings. The minimum absolute atomic E-state index is 0.281. The summed E-state index contributed by atoms with van der Waals surface area (Å²) in [7, 11) is 0. The lowest BCUT2D eigenvalue weighted by molar-refractivity contribution is 0.475. The molecule has 0 radical (unpaired) electrons. The van der Waals surface area contributed by atoms with Crippen molar-refractivity contribution in [2.24, 2.45) is 5.73 Å². The first-order valence-corrected chi connectivity index (χ1v) is 4.76. The summed E-state index contributed by atoms with van der Waals surface area (Å²) in [4.78, 5) is 4.04. The van der Waals surface area contributed by atoms with Crippen molar-refractivity contribution in [2.45, 2.75) is 13.1 Å². The van der Waals surface area contributed by atoms with E-state index in [2.05, 4.69) is 4.98 Å². The van der Waals surface area contributed by atoms with Gasteiger partial charge in [-0.3, -0.25) is 0 Å². The molecule has 1 aromatic carbocycles. The van der Waals surface area contributed by atoms with Crippen molar-refractivity contribution in [3.63, 3.8) is 0 Å². The quantitative estimate of drug-likeness (QED) is 0.785. The number of hydrogen-bond acceptors (Lipinski definition) is 3. The average Bonchev–Trinajstić information content (AvgIpc) is 2.69. The molecule has 1 heterocycles. The number of nitrogens with zero attached hydrogens (tertiary/aromatic N) is 2. The first-order chi connectivity index (χ1) is 7.29. The van der Waals surface area contributed by atoms with E-state index in [4.69, 9.17) is 10.8 Å². The van der Waals surface area contributed by atoms with Crippen LogP contribution < -0.4 is 5.73 Å². The van der Waals surface area contributed by atoms with Gasteiger partial charge >= 0.3 is 0 Å². The van der Waals surface area contributed by atoms with E-state index in [1.165, 1.54) is 0 Å². The molecule has 3 N–H and O–H groups in total. The summed E-state index contributed by atoms with van der Waals surface area (Å²) < 4.78 is 1.99. The van der Waals surface area contributed by atoms with Gasteiger partial charge in [-0.2, -0.15) is 0 Å². The molecular weight excluding hydrogens is 190 g/mol. The van der Waals surface area contributed by atoms with Crippen LogP contribution in [0.2, 0.25) is 0 Å². The summed E-state index contributed by atoms with van der Waals surface area (Å²) in [6, 6.07) is 7.12. The van der Waals surface area contributed by atoms with Crippen LogP contribution in [0.1, 0.15) is 11.3 Å². The molecule has 0 aliphatic heterocycles. The highest BCUT2D eigenvalue weighted by atomic mass is 16.3. The molecule has 78 valence electrons. The molecule has 0 unspecified atom stereocenters. The van der Waals surface area contributed by atoms with Crippen molar-refractivity contribution in [3.8, 4) is 5.75 Å². The zero-order valence-corrected chi connectivity index (χ0v) is 8.30. The van der Waals surface area contributed by atoms with Crippen molar-refractivity contribution in [3.05, 3.63) is 48.0 Å². The van der Waals surface area contributed by atoms with Gasteiger partial charge in [0, 0.05) is 19.3 Å². The molecule has 15 heavy (non-hydrogen) atoms. The number of imidazole rings is 1. The monoisotopic (exact) mass is 203 g/mol. The predicted molar refractivity (Wildman–Crippen MR) is 57.3 cm³/mol.